The number of hydrogen-bond acceptors (Lipinski definition) is 7. The fraction of sp³-hybridized carbons (Fsp3) is 0.333. The van der Waals surface area contributed by atoms with Gasteiger partial charge in [0, 0.05) is 67.2 Å². The maximum absolute atomic E-state index is 13.2. The van der Waals surface area contributed by atoms with Crippen LogP contribution in [-0.2, 0) is 0 Å². The lowest BCUT2D eigenvalue weighted by Gasteiger charge is -2.36. The van der Waals surface area contributed by atoms with Crippen LogP contribution in [0, 0.1) is 0 Å². The first-order chi connectivity index (χ1) is 19.0. The lowest BCUT2D eigenvalue weighted by molar-refractivity contribution is 0.0683. The molecule has 2 aliphatic rings. The number of aromatic nitrogens is 1. The van der Waals surface area contributed by atoms with E-state index in [0.717, 1.165) is 47.6 Å². The molecule has 2 aromatic carbocycles. The molecule has 0 spiro atoms. The summed E-state index contributed by atoms with van der Waals surface area (Å²) in [5.74, 6) is 0.576. The quantitative estimate of drug-likeness (QED) is 0.327. The molecule has 6 rings (SSSR count). The van der Waals surface area contributed by atoms with Crippen LogP contribution in [-0.4, -0.2) is 71.6 Å². The zero-order chi connectivity index (χ0) is 26.9. The highest BCUT2D eigenvalue weighted by molar-refractivity contribution is 7.09. The Labute approximate surface area is 230 Å². The lowest BCUT2D eigenvalue weighted by Crippen LogP contribution is -2.48. The third kappa shape index (κ3) is 5.18. The molecule has 4 aromatic rings. The molecule has 4 heterocycles. The van der Waals surface area contributed by atoms with Crippen LogP contribution in [0.15, 0.2) is 64.4 Å². The molecule has 0 radical (unpaired) electrons. The maximum Gasteiger partial charge on any atom is 0.289 e. The number of ketones is 1. The molecule has 8 nitrogen and oxygen atoms in total. The number of fused-ring (bicyclic) bond motifs is 1. The van der Waals surface area contributed by atoms with Crippen molar-refractivity contribution in [3.05, 3.63) is 82.0 Å². The lowest BCUT2D eigenvalue weighted by atomic mass is 9.97. The van der Waals surface area contributed by atoms with Gasteiger partial charge >= 0.3 is 0 Å². The first-order valence-electron chi connectivity index (χ1n) is 13.3. The van der Waals surface area contributed by atoms with Crippen LogP contribution in [0.4, 0.5) is 5.69 Å². The van der Waals surface area contributed by atoms with Crippen LogP contribution in [0.3, 0.4) is 0 Å². The Hall–Kier alpha value is -3.98. The number of likely N-dealkylation sites (tertiary alicyclic amines) is 1. The molecule has 2 amide bonds. The summed E-state index contributed by atoms with van der Waals surface area (Å²) in [5, 5.41) is 3.77. The third-order valence-corrected chi connectivity index (χ3v) is 8.72. The van der Waals surface area contributed by atoms with Crippen LogP contribution < -0.4 is 4.90 Å². The van der Waals surface area contributed by atoms with E-state index in [0.29, 0.717) is 43.2 Å². The number of furan rings is 1. The van der Waals surface area contributed by atoms with E-state index in [4.69, 9.17) is 9.40 Å². The summed E-state index contributed by atoms with van der Waals surface area (Å²) in [6.07, 6.45) is 1.63. The molecule has 0 unspecified atom stereocenters. The number of piperidine rings is 1. The normalized spacial score (nSPS) is 16.6. The Bertz CT molecular complexity index is 1480. The summed E-state index contributed by atoms with van der Waals surface area (Å²) in [5.41, 5.74) is 3.00. The first kappa shape index (κ1) is 25.3. The minimum atomic E-state index is -0.0754. The van der Waals surface area contributed by atoms with Gasteiger partial charge in [-0.05, 0) is 56.2 Å². The van der Waals surface area contributed by atoms with Gasteiger partial charge in [0.25, 0.3) is 11.8 Å². The van der Waals surface area contributed by atoms with Gasteiger partial charge in [-0.2, -0.15) is 0 Å². The van der Waals surface area contributed by atoms with E-state index in [9.17, 15) is 14.4 Å². The molecule has 2 aliphatic heterocycles. The first-order valence-corrected chi connectivity index (χ1v) is 14.2. The van der Waals surface area contributed by atoms with Crippen molar-refractivity contribution in [2.75, 3.05) is 44.2 Å². The number of Topliss-reactive ketones (excluding diaryl/α,β-unsaturated/α-hetero) is 1. The molecule has 2 aromatic heterocycles. The largest absolute Gasteiger partial charge is 0.451 e. The van der Waals surface area contributed by atoms with Gasteiger partial charge in [0.2, 0.25) is 0 Å². The van der Waals surface area contributed by atoms with Gasteiger partial charge in [-0.25, -0.2) is 4.98 Å². The smallest absolute Gasteiger partial charge is 0.289 e. The fourth-order valence-corrected chi connectivity index (χ4v) is 6.35. The molecule has 2 saturated heterocycles. The molecule has 200 valence electrons. The van der Waals surface area contributed by atoms with Gasteiger partial charge < -0.3 is 19.1 Å². The van der Waals surface area contributed by atoms with Crippen LogP contribution in [0.2, 0.25) is 0 Å². The zero-order valence-electron chi connectivity index (χ0n) is 21.8. The van der Waals surface area contributed by atoms with Gasteiger partial charge in [-0.1, -0.05) is 18.2 Å². The molecular formula is C30H30N4O4S. The number of benzene rings is 2. The summed E-state index contributed by atoms with van der Waals surface area (Å²) in [4.78, 5) is 48.4. The highest BCUT2D eigenvalue weighted by Crippen LogP contribution is 2.32. The summed E-state index contributed by atoms with van der Waals surface area (Å²) >= 11 is 1.54. The van der Waals surface area contributed by atoms with E-state index in [-0.39, 0.29) is 23.5 Å². The second-order valence-electron chi connectivity index (χ2n) is 10.2. The molecular weight excluding hydrogens is 512 g/mol. The minimum absolute atomic E-state index is 0.0263. The predicted octanol–water partition coefficient (Wildman–Crippen LogP) is 5.07. The number of carbonyl (C=O) groups excluding carboxylic acids is 3. The van der Waals surface area contributed by atoms with Crippen molar-refractivity contribution < 1.29 is 18.8 Å². The Morgan fingerprint density at radius 2 is 1.56 bits per heavy atom. The van der Waals surface area contributed by atoms with Crippen molar-refractivity contribution in [2.45, 2.75) is 25.7 Å². The number of thiazole rings is 1. The molecule has 9 heteroatoms. The Morgan fingerprint density at radius 1 is 0.872 bits per heavy atom. The Balaban J connectivity index is 1.02. The summed E-state index contributed by atoms with van der Waals surface area (Å²) in [6.45, 7) is 5.57. The van der Waals surface area contributed by atoms with Crippen molar-refractivity contribution in [3.8, 4) is 0 Å². The Morgan fingerprint density at radius 3 is 2.26 bits per heavy atom. The third-order valence-electron chi connectivity index (χ3n) is 7.71. The van der Waals surface area contributed by atoms with Crippen LogP contribution >= 0.6 is 11.3 Å². The van der Waals surface area contributed by atoms with E-state index in [1.54, 1.807) is 6.92 Å². The zero-order valence-corrected chi connectivity index (χ0v) is 22.7. The predicted molar refractivity (Wildman–Crippen MR) is 151 cm³/mol. The van der Waals surface area contributed by atoms with Gasteiger partial charge in [0.1, 0.15) is 11.3 Å². The van der Waals surface area contributed by atoms with E-state index >= 15 is 0 Å². The number of rotatable bonds is 5. The molecule has 0 aliphatic carbocycles. The highest BCUT2D eigenvalue weighted by Gasteiger charge is 2.29. The van der Waals surface area contributed by atoms with E-state index < -0.39 is 0 Å². The average Bonchev–Trinajstić information content (AvgIpc) is 3.65. The summed E-state index contributed by atoms with van der Waals surface area (Å²) in [6, 6.07) is 17.1. The van der Waals surface area contributed by atoms with Crippen molar-refractivity contribution in [2.24, 2.45) is 0 Å². The number of para-hydroxylation sites is 1. The van der Waals surface area contributed by atoms with Gasteiger partial charge in [-0.3, -0.25) is 14.4 Å². The average molecular weight is 543 g/mol. The number of hydrogen-bond donors (Lipinski definition) is 0. The van der Waals surface area contributed by atoms with Gasteiger partial charge in [0.15, 0.2) is 11.5 Å². The fourth-order valence-electron chi connectivity index (χ4n) is 5.38. The number of anilines is 1. The number of piperazine rings is 1. The molecule has 0 N–H and O–H groups in total. The molecule has 0 bridgehead atoms. The monoisotopic (exact) mass is 542 g/mol. The van der Waals surface area contributed by atoms with Crippen LogP contribution in [0.1, 0.15) is 62.1 Å². The highest BCUT2D eigenvalue weighted by atomic mass is 32.1. The summed E-state index contributed by atoms with van der Waals surface area (Å²) < 4.78 is 5.77. The maximum atomic E-state index is 13.2. The summed E-state index contributed by atoms with van der Waals surface area (Å²) in [7, 11) is 0. The minimum Gasteiger partial charge on any atom is -0.451 e. The number of amides is 2. The van der Waals surface area contributed by atoms with E-state index in [1.807, 2.05) is 69.8 Å². The molecule has 2 fully saturated rings. The molecule has 39 heavy (non-hydrogen) atoms. The molecule has 0 atom stereocenters. The van der Waals surface area contributed by atoms with Crippen molar-refractivity contribution >= 4 is 45.6 Å². The molecule has 0 saturated carbocycles. The number of carbonyl (C=O) groups is 3. The van der Waals surface area contributed by atoms with E-state index in [1.165, 1.54) is 11.3 Å². The van der Waals surface area contributed by atoms with Crippen molar-refractivity contribution in [1.29, 1.82) is 0 Å². The van der Waals surface area contributed by atoms with Crippen LogP contribution in [0.25, 0.3) is 11.0 Å². The van der Waals surface area contributed by atoms with E-state index in [2.05, 4.69) is 4.90 Å². The van der Waals surface area contributed by atoms with Gasteiger partial charge in [-0.15, -0.1) is 11.3 Å². The number of nitrogens with zero attached hydrogens (tertiary/aromatic N) is 4. The second kappa shape index (κ2) is 10.6. The SMILES string of the molecule is CC(=O)c1ccc(N2CCN(C(=O)c3csc(C4CCN(C(=O)c5cc6ccccc6o5)CC4)n3)CC2)cc1. The van der Waals surface area contributed by atoms with Crippen molar-refractivity contribution in [1.82, 2.24) is 14.8 Å². The Kier molecular flexibility index (Phi) is 6.91. The topological polar surface area (TPSA) is 87.0 Å². The second-order valence-corrected chi connectivity index (χ2v) is 11.1. The standard InChI is InChI=1S/C30H30N4O4S/c1-20(35)21-6-8-24(9-7-21)32-14-16-34(17-15-32)29(36)25-19-39-28(31-25)22-10-12-33(13-11-22)30(37)27-18-23-4-2-3-5-26(23)38-27/h2-9,18-19,22H,10-17H2,1H3. The van der Waals surface area contributed by atoms with Crippen molar-refractivity contribution in [3.63, 3.8) is 0 Å². The van der Waals surface area contributed by atoms with Gasteiger partial charge in [0.05, 0.1) is 5.01 Å². The van der Waals surface area contributed by atoms with Crippen LogP contribution in [0.5, 0.6) is 0 Å².